The van der Waals surface area contributed by atoms with Crippen molar-refractivity contribution < 1.29 is 18.7 Å². The summed E-state index contributed by atoms with van der Waals surface area (Å²) < 4.78 is 11.5. The van der Waals surface area contributed by atoms with Crippen molar-refractivity contribution in [2.24, 2.45) is 11.8 Å². The van der Waals surface area contributed by atoms with Gasteiger partial charge in [-0.15, -0.1) is 0 Å². The number of aromatic nitrogens is 2. The van der Waals surface area contributed by atoms with Crippen molar-refractivity contribution in [2.75, 3.05) is 19.6 Å². The second-order valence-electron chi connectivity index (χ2n) is 8.38. The largest absolute Gasteiger partial charge is 0.438 e. The molecule has 0 unspecified atom stereocenters. The fourth-order valence-electron chi connectivity index (χ4n) is 5.33. The normalized spacial score (nSPS) is 29.9. The first-order valence-electron chi connectivity index (χ1n) is 10.0. The molecule has 4 atom stereocenters. The minimum atomic E-state index is -0.295. The Balaban J connectivity index is 1.28. The summed E-state index contributed by atoms with van der Waals surface area (Å²) in [5.41, 5.74) is 1.93. The van der Waals surface area contributed by atoms with Gasteiger partial charge in [0.15, 0.2) is 6.39 Å². The van der Waals surface area contributed by atoms with Gasteiger partial charge in [-0.1, -0.05) is 0 Å². The van der Waals surface area contributed by atoms with E-state index in [4.69, 9.17) is 9.15 Å². The molecule has 2 aromatic rings. The minimum Gasteiger partial charge on any atom is -0.438 e. The van der Waals surface area contributed by atoms with Crippen LogP contribution in [-0.4, -0.2) is 58.0 Å². The third-order valence-electron chi connectivity index (χ3n) is 6.68. The molecule has 0 aliphatic carbocycles. The number of carbonyl (C=O) groups is 2. The van der Waals surface area contributed by atoms with Crippen molar-refractivity contribution in [2.45, 2.75) is 38.4 Å². The fraction of sp³-hybridized carbons (Fsp3) is 0.524. The van der Waals surface area contributed by atoms with E-state index in [0.717, 1.165) is 24.2 Å². The van der Waals surface area contributed by atoms with Crippen LogP contribution in [0, 0.1) is 25.7 Å². The third kappa shape index (κ3) is 2.93. The third-order valence-corrected chi connectivity index (χ3v) is 6.68. The van der Waals surface area contributed by atoms with Crippen LogP contribution in [0.25, 0.3) is 0 Å². The molecule has 0 aromatic carbocycles. The molecule has 2 amide bonds. The van der Waals surface area contributed by atoms with Crippen molar-refractivity contribution in [1.29, 1.82) is 0 Å². The van der Waals surface area contributed by atoms with Gasteiger partial charge in [0, 0.05) is 30.6 Å². The monoisotopic (exact) mass is 396 g/mol. The van der Waals surface area contributed by atoms with E-state index >= 15 is 0 Å². The summed E-state index contributed by atoms with van der Waals surface area (Å²) in [4.78, 5) is 35.4. The van der Waals surface area contributed by atoms with E-state index in [-0.39, 0.29) is 41.1 Å². The molecule has 29 heavy (non-hydrogen) atoms. The van der Waals surface area contributed by atoms with E-state index in [1.165, 1.54) is 12.6 Å². The molecule has 3 aliphatic rings. The highest BCUT2D eigenvalue weighted by Gasteiger charge is 2.63. The summed E-state index contributed by atoms with van der Waals surface area (Å²) in [5, 5.41) is 3.08. The van der Waals surface area contributed by atoms with E-state index in [0.29, 0.717) is 25.2 Å². The Kier molecular flexibility index (Phi) is 4.20. The zero-order valence-electron chi connectivity index (χ0n) is 16.6. The van der Waals surface area contributed by atoms with Crippen LogP contribution in [0.2, 0.25) is 0 Å². The van der Waals surface area contributed by atoms with Gasteiger partial charge in [0.1, 0.15) is 0 Å². The van der Waals surface area contributed by atoms with Crippen LogP contribution in [0.1, 0.15) is 45.1 Å². The topological polar surface area (TPSA) is 97.6 Å². The maximum Gasteiger partial charge on any atom is 0.291 e. The van der Waals surface area contributed by atoms with Crippen molar-refractivity contribution in [3.05, 3.63) is 47.4 Å². The van der Waals surface area contributed by atoms with Gasteiger partial charge in [-0.25, -0.2) is 4.98 Å². The van der Waals surface area contributed by atoms with Gasteiger partial charge in [0.25, 0.3) is 11.8 Å². The minimum absolute atomic E-state index is 0.112. The fourth-order valence-corrected chi connectivity index (χ4v) is 5.33. The Labute approximate surface area is 168 Å². The standard InChI is InChI=1S/C21H24N4O4/c1-12-3-4-14(13(2)24-12)19(26)23-7-15-16-9-25(20(27)18-8-22-11-28-18)10-21(16)6-5-17(15)29-21/h3-4,8,11,15-17H,5-7,9-10H2,1-2H3,(H,23,26)/t15-,16+,17+,21+/m0/s1. The second-order valence-corrected chi connectivity index (χ2v) is 8.38. The van der Waals surface area contributed by atoms with E-state index in [1.54, 1.807) is 4.90 Å². The first-order valence-corrected chi connectivity index (χ1v) is 10.0. The van der Waals surface area contributed by atoms with Gasteiger partial charge >= 0.3 is 0 Å². The van der Waals surface area contributed by atoms with Crippen LogP contribution >= 0.6 is 0 Å². The zero-order chi connectivity index (χ0) is 20.2. The highest BCUT2D eigenvalue weighted by atomic mass is 16.5. The smallest absolute Gasteiger partial charge is 0.291 e. The molecule has 5 heterocycles. The number of likely N-dealkylation sites (tertiary alicyclic amines) is 1. The SMILES string of the molecule is Cc1ccc(C(=O)NC[C@H]2[C@H]3CN(C(=O)c4cnco4)C[C@]34CC[C@H]2O4)c(C)n1. The van der Waals surface area contributed by atoms with Gasteiger partial charge in [0.2, 0.25) is 5.76 Å². The average molecular weight is 396 g/mol. The molecule has 3 fully saturated rings. The lowest BCUT2D eigenvalue weighted by atomic mass is 9.73. The van der Waals surface area contributed by atoms with E-state index in [1.807, 2.05) is 26.0 Å². The van der Waals surface area contributed by atoms with Crippen molar-refractivity contribution in [3.8, 4) is 0 Å². The Morgan fingerprint density at radius 3 is 2.97 bits per heavy atom. The van der Waals surface area contributed by atoms with Crippen LogP contribution in [0.15, 0.2) is 29.1 Å². The molecule has 3 saturated heterocycles. The molecule has 1 spiro atoms. The zero-order valence-corrected chi connectivity index (χ0v) is 16.6. The summed E-state index contributed by atoms with van der Waals surface area (Å²) >= 11 is 0. The molecule has 0 saturated carbocycles. The number of pyridine rings is 1. The summed E-state index contributed by atoms with van der Waals surface area (Å²) in [7, 11) is 0. The first-order chi connectivity index (χ1) is 14.0. The Morgan fingerprint density at radius 1 is 1.34 bits per heavy atom. The molecule has 1 N–H and O–H groups in total. The lowest BCUT2D eigenvalue weighted by molar-refractivity contribution is 0.00286. The van der Waals surface area contributed by atoms with Gasteiger partial charge in [-0.05, 0) is 38.8 Å². The molecule has 152 valence electrons. The molecule has 0 radical (unpaired) electrons. The number of nitrogens with one attached hydrogen (secondary N) is 1. The molecular formula is C21H24N4O4. The summed E-state index contributed by atoms with van der Waals surface area (Å²) in [6, 6.07) is 3.67. The predicted octanol–water partition coefficient (Wildman–Crippen LogP) is 1.74. The van der Waals surface area contributed by atoms with E-state index in [2.05, 4.69) is 15.3 Å². The number of oxazole rings is 1. The number of amides is 2. The molecule has 5 rings (SSSR count). The van der Waals surface area contributed by atoms with Gasteiger partial charge in [0.05, 0.1) is 35.7 Å². The molecule has 8 heteroatoms. The number of fused-ring (bicyclic) bond motifs is 1. The molecule has 2 aromatic heterocycles. The van der Waals surface area contributed by atoms with Crippen molar-refractivity contribution in [3.63, 3.8) is 0 Å². The van der Waals surface area contributed by atoms with Crippen LogP contribution in [0.5, 0.6) is 0 Å². The number of hydrogen-bond acceptors (Lipinski definition) is 6. The van der Waals surface area contributed by atoms with Gasteiger partial charge < -0.3 is 19.4 Å². The summed E-state index contributed by atoms with van der Waals surface area (Å²) in [6.07, 6.45) is 4.77. The quantitative estimate of drug-likeness (QED) is 0.845. The van der Waals surface area contributed by atoms with Gasteiger partial charge in [-0.3, -0.25) is 14.6 Å². The molecule has 3 aliphatic heterocycles. The molecular weight excluding hydrogens is 372 g/mol. The van der Waals surface area contributed by atoms with Gasteiger partial charge in [-0.2, -0.15) is 0 Å². The number of ether oxygens (including phenoxy) is 1. The molecule has 2 bridgehead atoms. The van der Waals surface area contributed by atoms with E-state index in [9.17, 15) is 9.59 Å². The van der Waals surface area contributed by atoms with E-state index < -0.39 is 0 Å². The van der Waals surface area contributed by atoms with Crippen molar-refractivity contribution in [1.82, 2.24) is 20.2 Å². The lowest BCUT2D eigenvalue weighted by Gasteiger charge is -2.29. The Morgan fingerprint density at radius 2 is 2.21 bits per heavy atom. The molecule has 8 nitrogen and oxygen atoms in total. The van der Waals surface area contributed by atoms with Crippen molar-refractivity contribution >= 4 is 11.8 Å². The lowest BCUT2D eigenvalue weighted by Crippen LogP contribution is -2.42. The maximum atomic E-state index is 12.7. The van der Waals surface area contributed by atoms with Crippen LogP contribution in [-0.2, 0) is 4.74 Å². The summed E-state index contributed by atoms with van der Waals surface area (Å²) in [5.74, 6) is 0.398. The predicted molar refractivity (Wildman–Crippen MR) is 102 cm³/mol. The average Bonchev–Trinajstić information content (AvgIpc) is 3.46. The van der Waals surface area contributed by atoms with Crippen LogP contribution in [0.4, 0.5) is 0 Å². The highest BCUT2D eigenvalue weighted by molar-refractivity contribution is 5.95. The number of aryl methyl sites for hydroxylation is 2. The number of hydrogen-bond donors (Lipinski definition) is 1. The van der Waals surface area contributed by atoms with Crippen LogP contribution in [0.3, 0.4) is 0 Å². The first kappa shape index (κ1) is 18.3. The van der Waals surface area contributed by atoms with Crippen LogP contribution < -0.4 is 5.32 Å². The highest BCUT2D eigenvalue weighted by Crippen LogP contribution is 2.54. The second kappa shape index (κ2) is 6.66. The number of rotatable bonds is 4. The summed E-state index contributed by atoms with van der Waals surface area (Å²) in [6.45, 7) is 5.47. The maximum absolute atomic E-state index is 12.7. The number of carbonyl (C=O) groups excluding carboxylic acids is 2. The number of nitrogens with zero attached hydrogens (tertiary/aromatic N) is 3. The Hall–Kier alpha value is -2.74. The Bertz CT molecular complexity index is 960.